The van der Waals surface area contributed by atoms with Crippen molar-refractivity contribution >= 4 is 17.8 Å². The summed E-state index contributed by atoms with van der Waals surface area (Å²) in [6.07, 6.45) is 4.93. The van der Waals surface area contributed by atoms with Crippen molar-refractivity contribution in [3.8, 4) is 0 Å². The van der Waals surface area contributed by atoms with Gasteiger partial charge in [-0.25, -0.2) is 9.18 Å². The van der Waals surface area contributed by atoms with Crippen LogP contribution in [-0.2, 0) is 10.3 Å². The van der Waals surface area contributed by atoms with Crippen molar-refractivity contribution in [3.05, 3.63) is 29.6 Å². The Labute approximate surface area is 91.6 Å². The highest BCUT2D eigenvalue weighted by Gasteiger charge is 2.46. The van der Waals surface area contributed by atoms with Crippen LogP contribution in [0.5, 0.6) is 0 Å². The topological polar surface area (TPSA) is 29.4 Å². The lowest BCUT2D eigenvalue weighted by atomic mass is 10.1. The lowest BCUT2D eigenvalue weighted by Crippen LogP contribution is -2.05. The number of benzene rings is 1. The van der Waals surface area contributed by atoms with Gasteiger partial charge in [-0.2, -0.15) is 4.99 Å². The molecule has 0 N–H and O–H groups in total. The Balaban J connectivity index is 2.47. The predicted molar refractivity (Wildman–Crippen MR) is 57.2 cm³/mol. The largest absolute Gasteiger partial charge is 0.235 e. The van der Waals surface area contributed by atoms with Gasteiger partial charge < -0.3 is 0 Å². The first-order chi connectivity index (χ1) is 7.22. The normalized spacial score (nSPS) is 16.9. The van der Waals surface area contributed by atoms with E-state index in [1.165, 1.54) is 12.1 Å². The van der Waals surface area contributed by atoms with E-state index >= 15 is 0 Å². The standard InChI is InChI=1S/C11H10FNOS/c1-15-8-2-3-10(12)9(6-8)11(4-5-11)13-7-14/h2-3,6H,4-5H2,1H3. The maximum Gasteiger partial charge on any atom is 0.235 e. The van der Waals surface area contributed by atoms with Crippen molar-refractivity contribution in [1.29, 1.82) is 0 Å². The van der Waals surface area contributed by atoms with Crippen LogP contribution in [0.3, 0.4) is 0 Å². The third-order valence-corrected chi connectivity index (χ3v) is 3.38. The summed E-state index contributed by atoms with van der Waals surface area (Å²) in [4.78, 5) is 15.0. The molecule has 0 amide bonds. The van der Waals surface area contributed by atoms with Crippen molar-refractivity contribution < 1.29 is 9.18 Å². The molecular formula is C11H10FNOS. The maximum absolute atomic E-state index is 13.6. The number of rotatable bonds is 3. The zero-order chi connectivity index (χ0) is 10.9. The zero-order valence-electron chi connectivity index (χ0n) is 8.29. The molecule has 2 rings (SSSR count). The van der Waals surface area contributed by atoms with Crippen molar-refractivity contribution in [2.24, 2.45) is 4.99 Å². The van der Waals surface area contributed by atoms with Gasteiger partial charge in [-0.3, -0.25) is 0 Å². The van der Waals surface area contributed by atoms with Gasteiger partial charge in [0.15, 0.2) is 0 Å². The summed E-state index contributed by atoms with van der Waals surface area (Å²) in [5.74, 6) is -0.288. The molecule has 0 bridgehead atoms. The van der Waals surface area contributed by atoms with Crippen molar-refractivity contribution in [2.45, 2.75) is 23.3 Å². The van der Waals surface area contributed by atoms with E-state index in [1.54, 1.807) is 23.9 Å². The van der Waals surface area contributed by atoms with E-state index in [9.17, 15) is 9.18 Å². The summed E-state index contributed by atoms with van der Waals surface area (Å²) >= 11 is 1.55. The minimum Gasteiger partial charge on any atom is -0.211 e. The highest BCUT2D eigenvalue weighted by Crippen LogP contribution is 2.50. The van der Waals surface area contributed by atoms with Crippen LogP contribution in [0.4, 0.5) is 4.39 Å². The van der Waals surface area contributed by atoms with Crippen LogP contribution in [0.15, 0.2) is 28.1 Å². The molecule has 0 heterocycles. The van der Waals surface area contributed by atoms with Crippen LogP contribution >= 0.6 is 11.8 Å². The average Bonchev–Trinajstić information content (AvgIpc) is 3.00. The van der Waals surface area contributed by atoms with Crippen molar-refractivity contribution in [2.75, 3.05) is 6.26 Å². The first kappa shape index (κ1) is 10.4. The van der Waals surface area contributed by atoms with E-state index in [2.05, 4.69) is 4.99 Å². The molecule has 0 saturated heterocycles. The van der Waals surface area contributed by atoms with Crippen molar-refractivity contribution in [3.63, 3.8) is 0 Å². The van der Waals surface area contributed by atoms with E-state index in [0.717, 1.165) is 17.7 Å². The van der Waals surface area contributed by atoms with Gasteiger partial charge in [0.05, 0.1) is 0 Å². The molecule has 1 aromatic carbocycles. The summed E-state index contributed by atoms with van der Waals surface area (Å²) in [5.41, 5.74) is -0.0879. The highest BCUT2D eigenvalue weighted by molar-refractivity contribution is 7.98. The predicted octanol–water partition coefficient (Wildman–Crippen LogP) is 2.87. The second-order valence-electron chi connectivity index (χ2n) is 3.58. The first-order valence-corrected chi connectivity index (χ1v) is 5.87. The van der Waals surface area contributed by atoms with Gasteiger partial charge >= 0.3 is 0 Å². The molecule has 0 unspecified atom stereocenters. The number of aliphatic imine (C=N–C) groups is 1. The molecule has 0 spiro atoms. The van der Waals surface area contributed by atoms with Crippen LogP contribution in [0.25, 0.3) is 0 Å². The van der Waals surface area contributed by atoms with E-state index in [4.69, 9.17) is 0 Å². The second kappa shape index (κ2) is 3.80. The van der Waals surface area contributed by atoms with Gasteiger partial charge in [0.25, 0.3) is 0 Å². The van der Waals surface area contributed by atoms with Gasteiger partial charge in [0, 0.05) is 10.5 Å². The molecule has 1 aromatic rings. The summed E-state index contributed by atoms with van der Waals surface area (Å²) in [6.45, 7) is 0. The molecule has 1 aliphatic carbocycles. The first-order valence-electron chi connectivity index (χ1n) is 4.65. The third-order valence-electron chi connectivity index (χ3n) is 2.66. The quantitative estimate of drug-likeness (QED) is 0.448. The summed E-state index contributed by atoms with van der Waals surface area (Å²) < 4.78 is 13.6. The smallest absolute Gasteiger partial charge is 0.211 e. The van der Waals surface area contributed by atoms with E-state index < -0.39 is 5.54 Å². The van der Waals surface area contributed by atoms with Gasteiger partial charge in [0.2, 0.25) is 6.08 Å². The van der Waals surface area contributed by atoms with Gasteiger partial charge in [-0.15, -0.1) is 11.8 Å². The molecule has 0 aliphatic heterocycles. The molecule has 0 atom stereocenters. The number of isocyanates is 1. The highest BCUT2D eigenvalue weighted by atomic mass is 32.2. The molecule has 1 saturated carbocycles. The van der Waals surface area contributed by atoms with Gasteiger partial charge in [-0.05, 0) is 37.3 Å². The van der Waals surface area contributed by atoms with Crippen LogP contribution < -0.4 is 0 Å². The molecular weight excluding hydrogens is 213 g/mol. The molecule has 1 aliphatic rings. The molecule has 2 nitrogen and oxygen atoms in total. The Hall–Kier alpha value is -1.12. The zero-order valence-corrected chi connectivity index (χ0v) is 9.10. The van der Waals surface area contributed by atoms with E-state index in [-0.39, 0.29) is 5.82 Å². The number of nitrogens with zero attached hydrogens (tertiary/aromatic N) is 1. The van der Waals surface area contributed by atoms with Crippen LogP contribution in [0.1, 0.15) is 18.4 Å². The summed E-state index contributed by atoms with van der Waals surface area (Å²) in [5, 5.41) is 0. The molecule has 0 radical (unpaired) electrons. The van der Waals surface area contributed by atoms with Crippen LogP contribution in [0.2, 0.25) is 0 Å². The van der Waals surface area contributed by atoms with Gasteiger partial charge in [0.1, 0.15) is 11.4 Å². The number of halogens is 1. The minimum atomic E-state index is -0.614. The Kier molecular flexibility index (Phi) is 2.63. The van der Waals surface area contributed by atoms with E-state index in [1.807, 2.05) is 6.26 Å². The van der Waals surface area contributed by atoms with Crippen LogP contribution in [0, 0.1) is 5.82 Å². The fourth-order valence-electron chi connectivity index (χ4n) is 1.64. The Morgan fingerprint density at radius 2 is 2.27 bits per heavy atom. The monoisotopic (exact) mass is 223 g/mol. The fourth-order valence-corrected chi connectivity index (χ4v) is 2.07. The summed E-state index contributed by atoms with van der Waals surface area (Å²) in [6, 6.07) is 4.93. The number of carbonyl (C=O) groups excluding carboxylic acids is 1. The lowest BCUT2D eigenvalue weighted by molar-refractivity contribution is 0.547. The molecule has 4 heteroatoms. The summed E-state index contributed by atoms with van der Waals surface area (Å²) in [7, 11) is 0. The average molecular weight is 223 g/mol. The Bertz CT molecular complexity index is 436. The van der Waals surface area contributed by atoms with Crippen molar-refractivity contribution in [1.82, 2.24) is 0 Å². The SMILES string of the molecule is CSc1ccc(F)c(C2(N=C=O)CC2)c1. The third kappa shape index (κ3) is 1.83. The van der Waals surface area contributed by atoms with E-state index in [0.29, 0.717) is 5.56 Å². The Morgan fingerprint density at radius 1 is 1.53 bits per heavy atom. The second-order valence-corrected chi connectivity index (χ2v) is 4.46. The van der Waals surface area contributed by atoms with Gasteiger partial charge in [-0.1, -0.05) is 0 Å². The molecule has 15 heavy (non-hydrogen) atoms. The lowest BCUT2D eigenvalue weighted by Gasteiger charge is -2.10. The maximum atomic E-state index is 13.6. The molecule has 0 aromatic heterocycles. The number of hydrogen-bond acceptors (Lipinski definition) is 3. The minimum absolute atomic E-state index is 0.288. The number of thioether (sulfide) groups is 1. The molecule has 1 fully saturated rings. The Morgan fingerprint density at radius 3 is 2.80 bits per heavy atom. The number of hydrogen-bond donors (Lipinski definition) is 0. The van der Waals surface area contributed by atoms with Crippen LogP contribution in [-0.4, -0.2) is 12.3 Å². The fraction of sp³-hybridized carbons (Fsp3) is 0.364. The molecule has 78 valence electrons.